The first-order valence-electron chi connectivity index (χ1n) is 7.81. The van der Waals surface area contributed by atoms with Gasteiger partial charge in [0, 0.05) is 38.6 Å². The average Bonchev–Trinajstić information content (AvgIpc) is 3.17. The predicted molar refractivity (Wildman–Crippen MR) is 87.9 cm³/mol. The normalized spacial score (nSPS) is 16.5. The first kappa shape index (κ1) is 16.7. The zero-order valence-electron chi connectivity index (χ0n) is 13.7. The van der Waals surface area contributed by atoms with Crippen LogP contribution in [0.3, 0.4) is 0 Å². The zero-order chi connectivity index (χ0) is 17.3. The molecule has 0 aromatic carbocycles. The maximum absolute atomic E-state index is 12.8. The van der Waals surface area contributed by atoms with Crippen molar-refractivity contribution in [1.82, 2.24) is 24.4 Å². The van der Waals surface area contributed by atoms with Crippen LogP contribution in [0.5, 0.6) is 0 Å². The maximum atomic E-state index is 12.8. The summed E-state index contributed by atoms with van der Waals surface area (Å²) < 4.78 is 27.0. The molecule has 1 fully saturated rings. The third-order valence-corrected chi connectivity index (χ3v) is 6.43. The molecular weight excluding hydrogens is 330 g/mol. The number of nitrogens with zero attached hydrogens (tertiary/aromatic N) is 3. The van der Waals surface area contributed by atoms with Crippen molar-refractivity contribution in [2.75, 3.05) is 26.2 Å². The van der Waals surface area contributed by atoms with Gasteiger partial charge in [-0.1, -0.05) is 0 Å². The molecule has 0 spiro atoms. The van der Waals surface area contributed by atoms with Crippen molar-refractivity contribution in [3.8, 4) is 0 Å². The summed E-state index contributed by atoms with van der Waals surface area (Å²) in [4.78, 5) is 17.2. The van der Waals surface area contributed by atoms with Crippen LogP contribution in [0.25, 0.3) is 0 Å². The topological polar surface area (TPSA) is 102 Å². The smallest absolute Gasteiger partial charge is 0.246 e. The molecule has 3 rings (SSSR count). The van der Waals surface area contributed by atoms with Crippen molar-refractivity contribution in [2.45, 2.75) is 25.2 Å². The van der Waals surface area contributed by atoms with E-state index in [-0.39, 0.29) is 10.8 Å². The van der Waals surface area contributed by atoms with Crippen molar-refractivity contribution in [3.63, 3.8) is 0 Å². The zero-order valence-corrected chi connectivity index (χ0v) is 14.6. The Labute approximate surface area is 140 Å². The van der Waals surface area contributed by atoms with E-state index in [9.17, 15) is 13.2 Å². The molecule has 2 N–H and O–H groups in total. The van der Waals surface area contributed by atoms with Crippen molar-refractivity contribution in [1.29, 1.82) is 0 Å². The number of aryl methyl sites for hydroxylation is 2. The molecule has 1 saturated heterocycles. The Bertz CT molecular complexity index is 798. The molecular formula is C15H21N5O3S. The van der Waals surface area contributed by atoms with Gasteiger partial charge in [-0.05, 0) is 25.5 Å². The van der Waals surface area contributed by atoms with Crippen LogP contribution >= 0.6 is 0 Å². The van der Waals surface area contributed by atoms with Gasteiger partial charge in [0.15, 0.2) is 0 Å². The third kappa shape index (κ3) is 3.09. The lowest BCUT2D eigenvalue weighted by Crippen LogP contribution is -2.51. The van der Waals surface area contributed by atoms with E-state index >= 15 is 0 Å². The summed E-state index contributed by atoms with van der Waals surface area (Å²) in [5.41, 5.74) is 1.94. The summed E-state index contributed by atoms with van der Waals surface area (Å²) >= 11 is 0. The van der Waals surface area contributed by atoms with Crippen LogP contribution < -0.4 is 0 Å². The van der Waals surface area contributed by atoms with Gasteiger partial charge >= 0.3 is 0 Å². The minimum Gasteiger partial charge on any atom is -0.367 e. The summed E-state index contributed by atoms with van der Waals surface area (Å²) in [6.45, 7) is 4.77. The number of H-pyrrole nitrogens is 2. The van der Waals surface area contributed by atoms with Gasteiger partial charge in [-0.2, -0.15) is 9.40 Å². The molecule has 1 aliphatic heterocycles. The Morgan fingerprint density at radius 1 is 1.25 bits per heavy atom. The number of aromatic nitrogens is 3. The summed E-state index contributed by atoms with van der Waals surface area (Å²) in [5.74, 6) is 0.0160. The van der Waals surface area contributed by atoms with Gasteiger partial charge in [0.1, 0.15) is 4.90 Å². The van der Waals surface area contributed by atoms with Crippen LogP contribution in [0.4, 0.5) is 0 Å². The summed E-state index contributed by atoms with van der Waals surface area (Å²) in [6.07, 6.45) is 3.90. The second-order valence-electron chi connectivity index (χ2n) is 5.94. The van der Waals surface area contributed by atoms with Crippen LogP contribution in [0.15, 0.2) is 23.4 Å². The number of carbonyl (C=O) groups is 1. The van der Waals surface area contributed by atoms with Crippen LogP contribution in [-0.4, -0.2) is 64.9 Å². The molecule has 0 unspecified atom stereocenters. The number of rotatable bonds is 4. The monoisotopic (exact) mass is 351 g/mol. The molecule has 1 aliphatic rings. The number of piperazine rings is 1. The highest BCUT2D eigenvalue weighted by molar-refractivity contribution is 7.89. The Morgan fingerprint density at radius 2 is 1.96 bits per heavy atom. The lowest BCUT2D eigenvalue weighted by Gasteiger charge is -2.34. The van der Waals surface area contributed by atoms with E-state index in [0.29, 0.717) is 44.0 Å². The van der Waals surface area contributed by atoms with Crippen LogP contribution in [0.1, 0.15) is 17.0 Å². The third-order valence-electron chi connectivity index (χ3n) is 4.27. The van der Waals surface area contributed by atoms with Crippen molar-refractivity contribution < 1.29 is 13.2 Å². The highest BCUT2D eigenvalue weighted by Crippen LogP contribution is 2.22. The number of amides is 1. The lowest BCUT2D eigenvalue weighted by molar-refractivity contribution is -0.131. The maximum Gasteiger partial charge on any atom is 0.246 e. The standard InChI is InChI=1S/C15H21N5O3S/c1-11-15(12(2)18-17-11)24(22,23)20-7-5-19(6-8-20)14(21)9-13-3-4-16-10-13/h3-4,10,16H,5-9H2,1-2H3,(H,17,18). The van der Waals surface area contributed by atoms with E-state index in [1.165, 1.54) is 4.31 Å². The largest absolute Gasteiger partial charge is 0.367 e. The van der Waals surface area contributed by atoms with E-state index in [0.717, 1.165) is 5.56 Å². The van der Waals surface area contributed by atoms with E-state index in [4.69, 9.17) is 0 Å². The van der Waals surface area contributed by atoms with Crippen LogP contribution in [0.2, 0.25) is 0 Å². The molecule has 130 valence electrons. The second kappa shape index (κ2) is 6.40. The molecule has 2 aromatic heterocycles. The van der Waals surface area contributed by atoms with E-state index in [1.54, 1.807) is 31.1 Å². The summed E-state index contributed by atoms with van der Waals surface area (Å²) in [6, 6.07) is 1.86. The number of hydrogen-bond acceptors (Lipinski definition) is 4. The number of sulfonamides is 1. The molecule has 0 saturated carbocycles. The van der Waals surface area contributed by atoms with Gasteiger partial charge in [0.05, 0.1) is 17.8 Å². The molecule has 2 aromatic rings. The second-order valence-corrected chi connectivity index (χ2v) is 7.82. The molecule has 0 aliphatic carbocycles. The van der Waals surface area contributed by atoms with Gasteiger partial charge in [0.2, 0.25) is 15.9 Å². The molecule has 1 amide bonds. The fourth-order valence-corrected chi connectivity index (χ4v) is 4.74. The van der Waals surface area contributed by atoms with E-state index < -0.39 is 10.0 Å². The van der Waals surface area contributed by atoms with Gasteiger partial charge in [-0.3, -0.25) is 9.89 Å². The van der Waals surface area contributed by atoms with Gasteiger partial charge < -0.3 is 9.88 Å². The van der Waals surface area contributed by atoms with Gasteiger partial charge in [0.25, 0.3) is 0 Å². The first-order valence-corrected chi connectivity index (χ1v) is 9.25. The van der Waals surface area contributed by atoms with Crippen LogP contribution in [0, 0.1) is 13.8 Å². The molecule has 24 heavy (non-hydrogen) atoms. The number of hydrogen-bond donors (Lipinski definition) is 2. The summed E-state index contributed by atoms with van der Waals surface area (Å²) in [7, 11) is -3.58. The number of carbonyl (C=O) groups excluding carboxylic acids is 1. The average molecular weight is 351 g/mol. The van der Waals surface area contributed by atoms with Crippen molar-refractivity contribution in [2.24, 2.45) is 0 Å². The first-order chi connectivity index (χ1) is 11.4. The fourth-order valence-electron chi connectivity index (χ4n) is 2.98. The minimum absolute atomic E-state index is 0.0160. The van der Waals surface area contributed by atoms with Crippen molar-refractivity contribution in [3.05, 3.63) is 35.4 Å². The highest BCUT2D eigenvalue weighted by atomic mass is 32.2. The Kier molecular flexibility index (Phi) is 4.46. The molecule has 0 atom stereocenters. The molecule has 8 nitrogen and oxygen atoms in total. The van der Waals surface area contributed by atoms with Crippen LogP contribution in [-0.2, 0) is 21.2 Å². The SMILES string of the molecule is Cc1n[nH]c(C)c1S(=O)(=O)N1CCN(C(=O)Cc2cc[nH]c2)CC1. The highest BCUT2D eigenvalue weighted by Gasteiger charge is 2.33. The Morgan fingerprint density at radius 3 is 2.50 bits per heavy atom. The molecule has 0 bridgehead atoms. The molecule has 9 heteroatoms. The van der Waals surface area contributed by atoms with Gasteiger partial charge in [-0.25, -0.2) is 8.42 Å². The minimum atomic E-state index is -3.58. The number of nitrogens with one attached hydrogen (secondary N) is 2. The fraction of sp³-hybridized carbons (Fsp3) is 0.467. The van der Waals surface area contributed by atoms with E-state index in [1.807, 2.05) is 6.07 Å². The Hall–Kier alpha value is -2.13. The van der Waals surface area contributed by atoms with E-state index in [2.05, 4.69) is 15.2 Å². The number of aromatic amines is 2. The van der Waals surface area contributed by atoms with Gasteiger partial charge in [-0.15, -0.1) is 0 Å². The summed E-state index contributed by atoms with van der Waals surface area (Å²) in [5, 5.41) is 6.67. The molecule has 0 radical (unpaired) electrons. The quantitative estimate of drug-likeness (QED) is 0.834. The Balaban J connectivity index is 1.65. The molecule has 3 heterocycles. The van der Waals surface area contributed by atoms with Crippen molar-refractivity contribution >= 4 is 15.9 Å². The predicted octanol–water partition coefficient (Wildman–Crippen LogP) is 0.430. The lowest BCUT2D eigenvalue weighted by atomic mass is 10.2.